The van der Waals surface area contributed by atoms with Gasteiger partial charge in [-0.05, 0) is 93.2 Å². The molecule has 0 aromatic heterocycles. The number of hydrogen-bond acceptors (Lipinski definition) is 14. The number of benzene rings is 4. The summed E-state index contributed by atoms with van der Waals surface area (Å²) in [5.74, 6) is -4.56. The van der Waals surface area contributed by atoms with Crippen LogP contribution in [0.4, 0.5) is 10.5 Å². The summed E-state index contributed by atoms with van der Waals surface area (Å²) in [4.78, 5) is 126. The molecule has 0 radical (unpaired) electrons. The number of likely N-dealkylation sites (tertiary alicyclic amines) is 1. The Labute approximate surface area is 510 Å². The van der Waals surface area contributed by atoms with Crippen LogP contribution in [0.5, 0.6) is 0 Å². The van der Waals surface area contributed by atoms with Crippen molar-refractivity contribution in [2.75, 3.05) is 31.3 Å². The quantitative estimate of drug-likeness (QED) is 0.0315. The van der Waals surface area contributed by atoms with Crippen LogP contribution < -0.4 is 15.5 Å². The third kappa shape index (κ3) is 13.4. The molecule has 454 valence electrons. The highest BCUT2D eigenvalue weighted by Crippen LogP contribution is 2.49. The summed E-state index contributed by atoms with van der Waals surface area (Å²) >= 11 is 7.93. The van der Waals surface area contributed by atoms with E-state index in [1.165, 1.54) is 53.6 Å². The Kier molecular flexibility index (Phi) is 19.6. The second-order valence-corrected chi connectivity index (χ2v) is 25.3. The van der Waals surface area contributed by atoms with Crippen LogP contribution in [0.15, 0.2) is 127 Å². The standard InChI is InChI=1S/C66H74ClN5O13S/c1-40-17-16-24-50(39-74)65(82)36-52(83-63(81)69-65)41(2)59-64(4,85-59)54(35-56(76)71(6)51-33-44(31-40)32-46(38-73)58(51)67)84-62(80)42(3)70(5)55(75)29-30-86-53-34-57(77)72(61(53)79)37-43-25-27-45(28-26-43)60(78)68-66(47-18-10-7-11-19-47,48-20-12-8-13-21-48)49-22-14-9-15-23-49/h7-24,32-33,38-39,41-43,45,50,52-54,59,82H,25-31,34-37H2,1-6H3,(H,68,78)(H,69,81)/b24-16+,40-17+/t41-,42+,43?,45?,50+,52+,53?,54+,59+,64+,65+/m1/s1. The lowest BCUT2D eigenvalue weighted by Gasteiger charge is -2.41. The molecule has 6 amide bonds. The fourth-order valence-corrected chi connectivity index (χ4v) is 13.9. The molecule has 4 aliphatic heterocycles. The smallest absolute Gasteiger partial charge is 0.409 e. The third-order valence-corrected chi connectivity index (χ3v) is 19.5. The predicted molar refractivity (Wildman–Crippen MR) is 324 cm³/mol. The monoisotopic (exact) mass is 1210 g/mol. The molecule has 1 aliphatic carbocycles. The molecule has 4 bridgehead atoms. The lowest BCUT2D eigenvalue weighted by Crippen LogP contribution is -2.61. The van der Waals surface area contributed by atoms with Crippen molar-refractivity contribution in [3.05, 3.63) is 160 Å². The number of amides is 6. The minimum absolute atomic E-state index is 0.00903. The van der Waals surface area contributed by atoms with E-state index in [2.05, 4.69) is 10.6 Å². The van der Waals surface area contributed by atoms with Gasteiger partial charge in [-0.3, -0.25) is 39.0 Å². The molecule has 20 heteroatoms. The Morgan fingerprint density at radius 1 is 0.930 bits per heavy atom. The van der Waals surface area contributed by atoms with Gasteiger partial charge >= 0.3 is 12.1 Å². The van der Waals surface area contributed by atoms with Crippen LogP contribution in [0, 0.1) is 23.7 Å². The highest BCUT2D eigenvalue weighted by Gasteiger charge is 2.64. The number of carbonyl (C=O) groups is 9. The molecule has 0 spiro atoms. The number of esters is 1. The van der Waals surface area contributed by atoms with E-state index in [9.17, 15) is 48.3 Å². The second-order valence-electron chi connectivity index (χ2n) is 23.6. The van der Waals surface area contributed by atoms with Crippen molar-refractivity contribution in [3.63, 3.8) is 0 Å². The van der Waals surface area contributed by atoms with E-state index in [4.69, 9.17) is 25.8 Å². The van der Waals surface area contributed by atoms with Crippen molar-refractivity contribution < 1.29 is 62.5 Å². The van der Waals surface area contributed by atoms with Gasteiger partial charge in [0.25, 0.3) is 0 Å². The zero-order valence-electron chi connectivity index (χ0n) is 49.2. The molecule has 4 aromatic rings. The van der Waals surface area contributed by atoms with Crippen LogP contribution in [-0.4, -0.2) is 136 Å². The summed E-state index contributed by atoms with van der Waals surface area (Å²) in [5.41, 5.74) is 0.142. The van der Waals surface area contributed by atoms with Crippen LogP contribution in [-0.2, 0) is 59.7 Å². The molecule has 86 heavy (non-hydrogen) atoms. The van der Waals surface area contributed by atoms with Crippen molar-refractivity contribution in [2.45, 2.75) is 132 Å². The number of epoxide rings is 1. The number of nitrogens with one attached hydrogen (secondary N) is 2. The topological polar surface area (TPSA) is 239 Å². The molecule has 9 atom stereocenters. The van der Waals surface area contributed by atoms with Crippen LogP contribution in [0.1, 0.15) is 112 Å². The van der Waals surface area contributed by atoms with E-state index in [1.54, 1.807) is 38.1 Å². The minimum atomic E-state index is -2.05. The van der Waals surface area contributed by atoms with Crippen molar-refractivity contribution in [3.8, 4) is 0 Å². The number of likely N-dealkylation sites (N-methyl/N-ethyl adjacent to an activating group) is 1. The summed E-state index contributed by atoms with van der Waals surface area (Å²) in [6.45, 7) is 6.88. The van der Waals surface area contributed by atoms with Crippen LogP contribution in [0.3, 0.4) is 0 Å². The molecule has 18 nitrogen and oxygen atoms in total. The van der Waals surface area contributed by atoms with Gasteiger partial charge in [0.05, 0.1) is 34.4 Å². The van der Waals surface area contributed by atoms with Crippen molar-refractivity contribution >= 4 is 83.2 Å². The Bertz CT molecular complexity index is 3190. The summed E-state index contributed by atoms with van der Waals surface area (Å²) < 4.78 is 18.1. The van der Waals surface area contributed by atoms with Gasteiger partial charge in [0, 0.05) is 63.1 Å². The number of alkyl carbamates (subject to hydrolysis) is 1. The highest BCUT2D eigenvalue weighted by molar-refractivity contribution is 8.00. The Hall–Kier alpha value is -7.45. The molecule has 5 aliphatic rings. The number of ether oxygens (including phenoxy) is 3. The summed E-state index contributed by atoms with van der Waals surface area (Å²) in [6, 6.07) is 31.9. The maximum absolute atomic E-state index is 14.4. The summed E-state index contributed by atoms with van der Waals surface area (Å²) in [5, 5.41) is 17.0. The normalized spacial score (nSPS) is 28.3. The number of fused-ring (bicyclic) bond motifs is 5. The Morgan fingerprint density at radius 2 is 1.55 bits per heavy atom. The molecule has 1 unspecified atom stereocenters. The van der Waals surface area contributed by atoms with E-state index in [0.29, 0.717) is 50.2 Å². The van der Waals surface area contributed by atoms with Crippen molar-refractivity contribution in [1.29, 1.82) is 0 Å². The number of hydrogen-bond donors (Lipinski definition) is 3. The van der Waals surface area contributed by atoms with Gasteiger partial charge in [-0.1, -0.05) is 133 Å². The van der Waals surface area contributed by atoms with Gasteiger partial charge in [0.2, 0.25) is 29.5 Å². The van der Waals surface area contributed by atoms with E-state index >= 15 is 0 Å². The van der Waals surface area contributed by atoms with Gasteiger partial charge in [0.15, 0.2) is 12.0 Å². The number of carbonyl (C=O) groups excluding carboxylic acids is 9. The van der Waals surface area contributed by atoms with E-state index < -0.39 is 88.6 Å². The van der Waals surface area contributed by atoms with Crippen LogP contribution >= 0.6 is 23.4 Å². The van der Waals surface area contributed by atoms with E-state index in [1.807, 2.05) is 97.9 Å². The SMILES string of the molecule is C/C1=C\C=C\[C@@H](C=O)[C@@]2(O)C[C@H](OC(=O)N2)[C@@H](C)[C@@H]2O[C@@]2(C)[C@@H](OC(=O)[C@H](C)N(C)C(=O)CCSC2CC(=O)N(CC3CCC(C(=O)NC(c4ccccc4)(c4ccccc4)c4ccccc4)CC3)C2=O)CC(=O)N(C)c2cc(cc(C=O)c2Cl)C1. The van der Waals surface area contributed by atoms with Gasteiger partial charge in [-0.2, -0.15) is 0 Å². The van der Waals surface area contributed by atoms with Gasteiger partial charge < -0.3 is 39.2 Å². The maximum atomic E-state index is 14.4. The number of allylic oxidation sites excluding steroid dienone is 3. The van der Waals surface area contributed by atoms with Gasteiger partial charge in [-0.15, -0.1) is 11.8 Å². The first-order valence-corrected chi connectivity index (χ1v) is 30.7. The minimum Gasteiger partial charge on any atom is -0.457 e. The predicted octanol–water partition coefficient (Wildman–Crippen LogP) is 8.28. The van der Waals surface area contributed by atoms with E-state index in [0.717, 1.165) is 22.3 Å². The first-order chi connectivity index (χ1) is 41.1. The van der Waals surface area contributed by atoms with Gasteiger partial charge in [-0.25, -0.2) is 9.59 Å². The zero-order valence-corrected chi connectivity index (χ0v) is 50.7. The molecule has 3 saturated heterocycles. The lowest BCUT2D eigenvalue weighted by atomic mass is 9.75. The average molecular weight is 1210 g/mol. The molecule has 4 fully saturated rings. The largest absolute Gasteiger partial charge is 0.457 e. The number of aliphatic hydroxyl groups is 1. The molecule has 4 aromatic carbocycles. The lowest BCUT2D eigenvalue weighted by molar-refractivity contribution is -0.162. The number of aldehydes is 2. The molecule has 3 N–H and O–H groups in total. The second kappa shape index (κ2) is 26.7. The fourth-order valence-electron chi connectivity index (χ4n) is 12.5. The summed E-state index contributed by atoms with van der Waals surface area (Å²) in [6.07, 6.45) is 3.73. The summed E-state index contributed by atoms with van der Waals surface area (Å²) in [7, 11) is 2.91. The molecule has 4 heterocycles. The van der Waals surface area contributed by atoms with Crippen LogP contribution in [0.2, 0.25) is 5.02 Å². The number of nitrogens with zero attached hydrogens (tertiary/aromatic N) is 3. The first-order valence-electron chi connectivity index (χ1n) is 29.2. The first kappa shape index (κ1) is 63.1. The van der Waals surface area contributed by atoms with Crippen molar-refractivity contribution in [2.24, 2.45) is 23.7 Å². The molecular weight excluding hydrogens is 1140 g/mol. The number of anilines is 1. The van der Waals surface area contributed by atoms with Crippen LogP contribution in [0.25, 0.3) is 0 Å². The number of imide groups is 1. The van der Waals surface area contributed by atoms with E-state index in [-0.39, 0.29) is 77.4 Å². The highest BCUT2D eigenvalue weighted by atomic mass is 35.5. The fraction of sp³-hybridized carbons (Fsp3) is 0.439. The maximum Gasteiger partial charge on any atom is 0.409 e. The average Bonchev–Trinajstić information content (AvgIpc) is 1.64. The zero-order chi connectivity index (χ0) is 61.7. The number of rotatable bonds is 16. The molecule has 9 rings (SSSR count). The third-order valence-electron chi connectivity index (χ3n) is 17.9. The van der Waals surface area contributed by atoms with Gasteiger partial charge in [0.1, 0.15) is 35.7 Å². The molecular formula is C66H74ClN5O13S. The Morgan fingerprint density at radius 3 is 2.14 bits per heavy atom. The number of thioether (sulfide) groups is 1. The number of halogens is 1. The Balaban J connectivity index is 0.815. The molecule has 1 saturated carbocycles. The van der Waals surface area contributed by atoms with Crippen molar-refractivity contribution in [1.82, 2.24) is 20.4 Å².